The van der Waals surface area contributed by atoms with Crippen molar-refractivity contribution >= 4 is 17.7 Å². The fraction of sp³-hybridized carbons (Fsp3) is 0.0909. The van der Waals surface area contributed by atoms with E-state index in [-0.39, 0.29) is 0 Å². The van der Waals surface area contributed by atoms with Crippen molar-refractivity contribution < 1.29 is 13.9 Å². The number of pyridine rings is 1. The molecule has 1 saturated heterocycles. The second-order valence-electron chi connectivity index (χ2n) is 6.27. The van der Waals surface area contributed by atoms with Crippen LogP contribution in [0.1, 0.15) is 34.4 Å². The minimum Gasteiger partial charge on any atom is -0.439 e. The molecule has 1 aliphatic rings. The zero-order valence-corrected chi connectivity index (χ0v) is 15.3. The Balaban J connectivity index is 1.64. The molecule has 6 heteroatoms. The van der Waals surface area contributed by atoms with E-state index in [9.17, 15) is 9.18 Å². The summed E-state index contributed by atoms with van der Waals surface area (Å²) in [5.74, 6) is 5.69. The molecule has 0 radical (unpaired) electrons. The first-order chi connectivity index (χ1) is 13.6. The van der Waals surface area contributed by atoms with Crippen LogP contribution < -0.4 is 5.32 Å². The lowest BCUT2D eigenvalue weighted by Gasteiger charge is -2.17. The predicted octanol–water partition coefficient (Wildman–Crippen LogP) is 4.80. The first kappa shape index (κ1) is 18.0. The number of benzene rings is 2. The van der Waals surface area contributed by atoms with Crippen LogP contribution in [-0.2, 0) is 4.74 Å². The van der Waals surface area contributed by atoms with Crippen LogP contribution in [0, 0.1) is 17.7 Å². The normalized spacial score (nSPS) is 18.0. The fourth-order valence-electron chi connectivity index (χ4n) is 3.03. The third-order valence-corrected chi connectivity index (χ3v) is 4.52. The molecule has 2 heterocycles. The van der Waals surface area contributed by atoms with Crippen molar-refractivity contribution in [1.82, 2.24) is 10.3 Å². The van der Waals surface area contributed by atoms with Gasteiger partial charge < -0.3 is 10.1 Å². The van der Waals surface area contributed by atoms with Crippen LogP contribution in [0.3, 0.4) is 0 Å². The summed E-state index contributed by atoms with van der Waals surface area (Å²) in [6, 6.07) is 14.6. The number of nitrogens with zero attached hydrogens (tertiary/aromatic N) is 1. The number of carbonyl (C=O) groups is 1. The van der Waals surface area contributed by atoms with Crippen LogP contribution in [0.25, 0.3) is 0 Å². The molecule has 1 fully saturated rings. The lowest BCUT2D eigenvalue weighted by atomic mass is 9.97. The van der Waals surface area contributed by atoms with Gasteiger partial charge in [0.2, 0.25) is 0 Å². The van der Waals surface area contributed by atoms with Crippen LogP contribution in [0.15, 0.2) is 67.0 Å². The van der Waals surface area contributed by atoms with Gasteiger partial charge in [-0.2, -0.15) is 0 Å². The standard InChI is InChI=1S/C22H14ClFN2O2/c23-18-5-1-3-14(10-18)7-8-15-9-17(13-25-12-15)20-21(28-22(27)26-20)16-4-2-6-19(24)11-16/h1-6,9-13,20-21H,(H,26,27). The molecule has 0 saturated carbocycles. The maximum Gasteiger partial charge on any atom is 0.408 e. The number of halogens is 2. The third-order valence-electron chi connectivity index (χ3n) is 4.28. The molecule has 2 aromatic carbocycles. The largest absolute Gasteiger partial charge is 0.439 e. The average Bonchev–Trinajstić information content (AvgIpc) is 3.09. The smallest absolute Gasteiger partial charge is 0.408 e. The molecule has 0 spiro atoms. The van der Waals surface area contributed by atoms with Gasteiger partial charge in [-0.15, -0.1) is 0 Å². The summed E-state index contributed by atoms with van der Waals surface area (Å²) in [5.41, 5.74) is 2.75. The highest BCUT2D eigenvalue weighted by Crippen LogP contribution is 2.36. The number of nitrogens with one attached hydrogen (secondary N) is 1. The highest BCUT2D eigenvalue weighted by molar-refractivity contribution is 6.30. The first-order valence-corrected chi connectivity index (χ1v) is 8.91. The lowest BCUT2D eigenvalue weighted by Crippen LogP contribution is -2.19. The van der Waals surface area contributed by atoms with Crippen LogP contribution in [-0.4, -0.2) is 11.1 Å². The summed E-state index contributed by atoms with van der Waals surface area (Å²) in [4.78, 5) is 16.1. The van der Waals surface area contributed by atoms with Gasteiger partial charge in [0.05, 0.1) is 0 Å². The molecule has 2 unspecified atom stereocenters. The molecule has 28 heavy (non-hydrogen) atoms. The highest BCUT2D eigenvalue weighted by atomic mass is 35.5. The van der Waals surface area contributed by atoms with Gasteiger partial charge in [0, 0.05) is 28.5 Å². The number of alkyl carbamates (subject to hydrolysis) is 1. The van der Waals surface area contributed by atoms with E-state index in [0.29, 0.717) is 16.1 Å². The first-order valence-electron chi connectivity index (χ1n) is 8.54. The zero-order valence-electron chi connectivity index (χ0n) is 14.5. The van der Waals surface area contributed by atoms with Crippen molar-refractivity contribution in [3.63, 3.8) is 0 Å². The van der Waals surface area contributed by atoms with Crippen molar-refractivity contribution in [2.45, 2.75) is 12.1 Å². The van der Waals surface area contributed by atoms with E-state index in [0.717, 1.165) is 11.1 Å². The molecule has 0 aliphatic carbocycles. The van der Waals surface area contributed by atoms with E-state index in [4.69, 9.17) is 16.3 Å². The Morgan fingerprint density at radius 3 is 2.64 bits per heavy atom. The molecule has 3 aromatic rings. The second kappa shape index (κ2) is 7.71. The number of rotatable bonds is 2. The molecule has 1 N–H and O–H groups in total. The van der Waals surface area contributed by atoms with Crippen LogP contribution in [0.4, 0.5) is 9.18 Å². The molecular formula is C22H14ClFN2O2. The summed E-state index contributed by atoms with van der Waals surface area (Å²) in [6.07, 6.45) is 2.06. The van der Waals surface area contributed by atoms with Crippen LogP contribution >= 0.6 is 11.6 Å². The van der Waals surface area contributed by atoms with Gasteiger partial charge in [-0.25, -0.2) is 9.18 Å². The van der Waals surface area contributed by atoms with Gasteiger partial charge in [-0.05, 0) is 47.5 Å². The summed E-state index contributed by atoms with van der Waals surface area (Å²) in [7, 11) is 0. The van der Waals surface area contributed by atoms with Gasteiger partial charge in [-0.1, -0.05) is 41.6 Å². The van der Waals surface area contributed by atoms with Crippen molar-refractivity contribution in [1.29, 1.82) is 0 Å². The summed E-state index contributed by atoms with van der Waals surface area (Å²) in [5, 5.41) is 3.37. The molecule has 1 aliphatic heterocycles. The molecule has 1 amide bonds. The second-order valence-corrected chi connectivity index (χ2v) is 6.71. The quantitative estimate of drug-likeness (QED) is 0.637. The van der Waals surface area contributed by atoms with Gasteiger partial charge in [-0.3, -0.25) is 4.98 Å². The van der Waals surface area contributed by atoms with E-state index in [2.05, 4.69) is 22.1 Å². The Kier molecular flexibility index (Phi) is 4.96. The van der Waals surface area contributed by atoms with Gasteiger partial charge in [0.15, 0.2) is 6.10 Å². The summed E-state index contributed by atoms with van der Waals surface area (Å²) in [6.45, 7) is 0. The minimum absolute atomic E-state index is 0.390. The van der Waals surface area contributed by atoms with Gasteiger partial charge in [0.25, 0.3) is 0 Å². The van der Waals surface area contributed by atoms with E-state index in [1.165, 1.54) is 12.1 Å². The SMILES string of the molecule is O=C1NC(c2cncc(C#Cc3cccc(Cl)c3)c2)C(c2cccc(F)c2)O1. The maximum atomic E-state index is 13.6. The Morgan fingerprint density at radius 1 is 1.00 bits per heavy atom. The molecule has 4 rings (SSSR count). The van der Waals surface area contributed by atoms with Crippen LogP contribution in [0.2, 0.25) is 5.02 Å². The highest BCUT2D eigenvalue weighted by Gasteiger charge is 2.36. The Morgan fingerprint density at radius 2 is 1.82 bits per heavy atom. The number of hydrogen-bond donors (Lipinski definition) is 1. The molecular weight excluding hydrogens is 379 g/mol. The fourth-order valence-corrected chi connectivity index (χ4v) is 3.22. The van der Waals surface area contributed by atoms with Crippen molar-refractivity contribution in [3.8, 4) is 11.8 Å². The van der Waals surface area contributed by atoms with E-state index in [1.807, 2.05) is 18.2 Å². The molecule has 2 atom stereocenters. The van der Waals surface area contributed by atoms with E-state index >= 15 is 0 Å². The van der Waals surface area contributed by atoms with Gasteiger partial charge >= 0.3 is 6.09 Å². The maximum absolute atomic E-state index is 13.6. The zero-order chi connectivity index (χ0) is 19.5. The minimum atomic E-state index is -0.652. The van der Waals surface area contributed by atoms with E-state index in [1.54, 1.807) is 36.7 Å². The number of hydrogen-bond acceptors (Lipinski definition) is 3. The van der Waals surface area contributed by atoms with Gasteiger partial charge in [0.1, 0.15) is 11.9 Å². The monoisotopic (exact) mass is 392 g/mol. The number of amides is 1. The molecule has 1 aromatic heterocycles. The van der Waals surface area contributed by atoms with E-state index < -0.39 is 24.1 Å². The summed E-state index contributed by atoms with van der Waals surface area (Å²) < 4.78 is 19.0. The third kappa shape index (κ3) is 3.98. The van der Waals surface area contributed by atoms with Crippen molar-refractivity contribution in [3.05, 3.63) is 100 Å². The average molecular weight is 393 g/mol. The number of cyclic esters (lactones) is 1. The predicted molar refractivity (Wildman–Crippen MR) is 103 cm³/mol. The lowest BCUT2D eigenvalue weighted by molar-refractivity contribution is 0.132. The number of aromatic nitrogens is 1. The number of carbonyl (C=O) groups excluding carboxylic acids is 1. The van der Waals surface area contributed by atoms with Crippen molar-refractivity contribution in [2.75, 3.05) is 0 Å². The Labute approximate surface area is 166 Å². The molecule has 0 bridgehead atoms. The number of ether oxygens (including phenoxy) is 1. The van der Waals surface area contributed by atoms with Crippen LogP contribution in [0.5, 0.6) is 0 Å². The Hall–Kier alpha value is -3.36. The Bertz CT molecular complexity index is 1110. The summed E-state index contributed by atoms with van der Waals surface area (Å²) >= 11 is 5.98. The molecule has 4 nitrogen and oxygen atoms in total. The molecule has 138 valence electrons. The topological polar surface area (TPSA) is 51.2 Å². The van der Waals surface area contributed by atoms with Crippen molar-refractivity contribution in [2.24, 2.45) is 0 Å².